The average molecular weight is 524 g/mol. The Labute approximate surface area is 198 Å². The van der Waals surface area contributed by atoms with Crippen LogP contribution in [0.5, 0.6) is 0 Å². The van der Waals surface area contributed by atoms with Crippen molar-refractivity contribution in [3.8, 4) is 33.8 Å². The van der Waals surface area contributed by atoms with Crippen molar-refractivity contribution in [1.29, 1.82) is 0 Å². The van der Waals surface area contributed by atoms with E-state index in [-0.39, 0.29) is 0 Å². The van der Waals surface area contributed by atoms with Gasteiger partial charge in [-0.3, -0.25) is 0 Å². The Morgan fingerprint density at radius 1 is 0.531 bits per heavy atom. The molecule has 0 unspecified atom stereocenters. The number of nitrogens with zero attached hydrogens (tertiary/aromatic N) is 2. The zero-order valence-electron chi connectivity index (χ0n) is 17.0. The lowest BCUT2D eigenvalue weighted by atomic mass is 10.0. The first kappa shape index (κ1) is 19.2. The van der Waals surface area contributed by atoms with Crippen LogP contribution in [-0.2, 0) is 0 Å². The van der Waals surface area contributed by atoms with E-state index < -0.39 is 0 Å². The lowest BCUT2D eigenvalue weighted by molar-refractivity contribution is 0.669. The Morgan fingerprint density at radius 2 is 1.19 bits per heavy atom. The molecule has 4 heteroatoms. The fraction of sp³-hybridized carbons (Fsp3) is 0. The van der Waals surface area contributed by atoms with Crippen LogP contribution in [0.4, 0.5) is 0 Å². The molecule has 0 fully saturated rings. The predicted octanol–water partition coefficient (Wildman–Crippen LogP) is 7.98. The molecule has 0 spiro atoms. The van der Waals surface area contributed by atoms with Gasteiger partial charge in [0.1, 0.15) is 14.9 Å². The first-order valence-corrected chi connectivity index (χ1v) is 11.4. The third kappa shape index (κ3) is 3.46. The van der Waals surface area contributed by atoms with Crippen molar-refractivity contribution in [3.05, 3.63) is 107 Å². The molecule has 4 aromatic carbocycles. The lowest BCUT2D eigenvalue weighted by Gasteiger charge is -2.07. The SMILES string of the molecule is Ic1cc(-c2ccc(-c3ccccc3)cc2)nc(-c2ccc3c(c2)oc2ccccc23)n1. The molecule has 6 aromatic rings. The first-order valence-electron chi connectivity index (χ1n) is 10.4. The highest BCUT2D eigenvalue weighted by Crippen LogP contribution is 2.32. The highest BCUT2D eigenvalue weighted by molar-refractivity contribution is 14.1. The van der Waals surface area contributed by atoms with E-state index in [0.717, 1.165) is 42.5 Å². The molecule has 0 N–H and O–H groups in total. The summed E-state index contributed by atoms with van der Waals surface area (Å²) in [7, 11) is 0. The van der Waals surface area contributed by atoms with Gasteiger partial charge in [-0.2, -0.15) is 0 Å². The quantitative estimate of drug-likeness (QED) is 0.174. The molecule has 0 saturated carbocycles. The summed E-state index contributed by atoms with van der Waals surface area (Å²) in [6.07, 6.45) is 0. The summed E-state index contributed by atoms with van der Waals surface area (Å²) in [5.41, 5.74) is 7.05. The van der Waals surface area contributed by atoms with Crippen molar-refractivity contribution in [2.75, 3.05) is 0 Å². The maximum Gasteiger partial charge on any atom is 0.161 e. The van der Waals surface area contributed by atoms with Gasteiger partial charge in [0, 0.05) is 21.9 Å². The second-order valence-corrected chi connectivity index (χ2v) is 8.76. The van der Waals surface area contributed by atoms with Gasteiger partial charge >= 0.3 is 0 Å². The molecular formula is C28H17IN2O. The number of halogens is 1. The minimum absolute atomic E-state index is 0.696. The third-order valence-electron chi connectivity index (χ3n) is 5.62. The third-order valence-corrected chi connectivity index (χ3v) is 6.17. The number of hydrogen-bond donors (Lipinski definition) is 0. The van der Waals surface area contributed by atoms with E-state index in [0.29, 0.717) is 5.82 Å². The summed E-state index contributed by atoms with van der Waals surface area (Å²) < 4.78 is 6.96. The normalized spacial score (nSPS) is 11.3. The maximum absolute atomic E-state index is 6.06. The van der Waals surface area contributed by atoms with Crippen LogP contribution in [0.25, 0.3) is 55.7 Å². The molecule has 0 aliphatic heterocycles. The van der Waals surface area contributed by atoms with Crippen molar-refractivity contribution >= 4 is 44.5 Å². The van der Waals surface area contributed by atoms with Gasteiger partial charge in [0.15, 0.2) is 5.82 Å². The molecule has 0 atom stereocenters. The Morgan fingerprint density at radius 3 is 2.03 bits per heavy atom. The topological polar surface area (TPSA) is 38.9 Å². The highest BCUT2D eigenvalue weighted by atomic mass is 127. The summed E-state index contributed by atoms with van der Waals surface area (Å²) >= 11 is 2.26. The van der Waals surface area contributed by atoms with E-state index in [4.69, 9.17) is 9.40 Å². The summed E-state index contributed by atoms with van der Waals surface area (Å²) in [5.74, 6) is 0.696. The van der Waals surface area contributed by atoms with Gasteiger partial charge in [-0.1, -0.05) is 78.9 Å². The van der Waals surface area contributed by atoms with Crippen molar-refractivity contribution in [2.24, 2.45) is 0 Å². The van der Waals surface area contributed by atoms with E-state index in [1.165, 1.54) is 11.1 Å². The fourth-order valence-corrected chi connectivity index (χ4v) is 4.55. The molecule has 152 valence electrons. The van der Waals surface area contributed by atoms with Gasteiger partial charge in [0.2, 0.25) is 0 Å². The number of para-hydroxylation sites is 1. The van der Waals surface area contributed by atoms with Gasteiger partial charge in [-0.25, -0.2) is 9.97 Å². The zero-order chi connectivity index (χ0) is 21.5. The van der Waals surface area contributed by atoms with Crippen LogP contribution in [-0.4, -0.2) is 9.97 Å². The maximum atomic E-state index is 6.06. The van der Waals surface area contributed by atoms with Crippen LogP contribution in [0.2, 0.25) is 0 Å². The minimum atomic E-state index is 0.696. The van der Waals surface area contributed by atoms with Crippen LogP contribution >= 0.6 is 22.6 Å². The number of aromatic nitrogens is 2. The van der Waals surface area contributed by atoms with E-state index in [1.54, 1.807) is 0 Å². The fourth-order valence-electron chi connectivity index (χ4n) is 4.02. The summed E-state index contributed by atoms with van der Waals surface area (Å²) in [6.45, 7) is 0. The predicted molar refractivity (Wildman–Crippen MR) is 138 cm³/mol. The minimum Gasteiger partial charge on any atom is -0.456 e. The zero-order valence-corrected chi connectivity index (χ0v) is 19.2. The largest absolute Gasteiger partial charge is 0.456 e. The van der Waals surface area contributed by atoms with Crippen molar-refractivity contribution in [3.63, 3.8) is 0 Å². The van der Waals surface area contributed by atoms with Gasteiger partial charge in [-0.05, 0) is 58.0 Å². The summed E-state index contributed by atoms with van der Waals surface area (Å²) in [6, 6.07) is 35.2. The number of furan rings is 1. The van der Waals surface area contributed by atoms with Crippen molar-refractivity contribution < 1.29 is 4.42 Å². The van der Waals surface area contributed by atoms with E-state index in [1.807, 2.05) is 36.4 Å². The highest BCUT2D eigenvalue weighted by Gasteiger charge is 2.12. The smallest absolute Gasteiger partial charge is 0.161 e. The first-order chi connectivity index (χ1) is 15.7. The van der Waals surface area contributed by atoms with Crippen LogP contribution in [0.3, 0.4) is 0 Å². The van der Waals surface area contributed by atoms with Gasteiger partial charge in [-0.15, -0.1) is 0 Å². The molecule has 0 saturated heterocycles. The molecule has 2 heterocycles. The summed E-state index contributed by atoms with van der Waals surface area (Å²) in [4.78, 5) is 9.57. The lowest BCUT2D eigenvalue weighted by Crippen LogP contribution is -1.95. The molecule has 2 aromatic heterocycles. The monoisotopic (exact) mass is 524 g/mol. The standard InChI is InChI=1S/C28H17IN2O/c29-27-17-24(20-12-10-19(11-13-20)18-6-2-1-3-7-18)30-28(31-27)21-14-15-23-22-8-4-5-9-25(22)32-26(23)16-21/h1-17H. The van der Waals surface area contributed by atoms with Gasteiger partial charge in [0.05, 0.1) is 5.69 Å². The number of benzene rings is 4. The van der Waals surface area contributed by atoms with Crippen LogP contribution < -0.4 is 0 Å². The van der Waals surface area contributed by atoms with Crippen molar-refractivity contribution in [2.45, 2.75) is 0 Å². The van der Waals surface area contributed by atoms with E-state index >= 15 is 0 Å². The van der Waals surface area contributed by atoms with Crippen LogP contribution in [0.15, 0.2) is 108 Å². The van der Waals surface area contributed by atoms with Crippen LogP contribution in [0, 0.1) is 3.70 Å². The molecule has 3 nitrogen and oxygen atoms in total. The number of hydrogen-bond acceptors (Lipinski definition) is 3. The second-order valence-electron chi connectivity index (χ2n) is 7.65. The van der Waals surface area contributed by atoms with E-state index in [9.17, 15) is 0 Å². The molecule has 6 rings (SSSR count). The average Bonchev–Trinajstić information content (AvgIpc) is 3.22. The van der Waals surface area contributed by atoms with Crippen LogP contribution in [0.1, 0.15) is 0 Å². The molecule has 0 aliphatic carbocycles. The molecule has 0 amide bonds. The van der Waals surface area contributed by atoms with Gasteiger partial charge < -0.3 is 4.42 Å². The number of fused-ring (bicyclic) bond motifs is 3. The second kappa shape index (κ2) is 7.88. The van der Waals surface area contributed by atoms with E-state index in [2.05, 4.69) is 94.3 Å². The molecular weight excluding hydrogens is 507 g/mol. The molecule has 0 bridgehead atoms. The number of rotatable bonds is 3. The Balaban J connectivity index is 1.40. The Kier molecular flexibility index (Phi) is 4.72. The van der Waals surface area contributed by atoms with Crippen molar-refractivity contribution in [1.82, 2.24) is 9.97 Å². The van der Waals surface area contributed by atoms with Gasteiger partial charge in [0.25, 0.3) is 0 Å². The molecule has 32 heavy (non-hydrogen) atoms. The summed E-state index contributed by atoms with van der Waals surface area (Å²) in [5, 5.41) is 2.23. The molecule has 0 aliphatic rings. The molecule has 0 radical (unpaired) electrons. The Hall–Kier alpha value is -3.51. The Bertz CT molecular complexity index is 1570.